The summed E-state index contributed by atoms with van der Waals surface area (Å²) in [6.45, 7) is 0. The molecular weight excluding hydrogens is 269 g/mol. The van der Waals surface area contributed by atoms with Crippen molar-refractivity contribution >= 4 is 19.8 Å². The molecule has 0 aromatic carbocycles. The third kappa shape index (κ3) is 7.62. The third-order valence-electron chi connectivity index (χ3n) is 1.77. The topological polar surface area (TPSA) is 71.4 Å². The van der Waals surface area contributed by atoms with Gasteiger partial charge in [0.25, 0.3) is 0 Å². The van der Waals surface area contributed by atoms with Gasteiger partial charge >= 0.3 is 86.3 Å². The summed E-state index contributed by atoms with van der Waals surface area (Å²) in [6.07, 6.45) is 1.85. The Kier molecular flexibility index (Phi) is 8.83. The summed E-state index contributed by atoms with van der Waals surface area (Å²) in [6, 6.07) is 6.40. The molecule has 13 heavy (non-hydrogen) atoms. The van der Waals surface area contributed by atoms with Gasteiger partial charge in [0.15, 0.2) is 0 Å². The fourth-order valence-corrected chi connectivity index (χ4v) is 7.20. The van der Waals surface area contributed by atoms with E-state index in [9.17, 15) is 0 Å². The molecule has 0 atom stereocenters. The molecule has 0 unspecified atom stereocenters. The van der Waals surface area contributed by atoms with E-state index in [-0.39, 0.29) is 0 Å². The fourth-order valence-electron chi connectivity index (χ4n) is 1.07. The molecule has 0 saturated heterocycles. The molecule has 0 bridgehead atoms. The first-order chi connectivity index (χ1) is 6.35. The molecule has 66 valence electrons. The van der Waals surface area contributed by atoms with Gasteiger partial charge in [-0.05, 0) is 0 Å². The molecule has 0 aromatic rings. The van der Waals surface area contributed by atoms with Crippen molar-refractivity contribution in [3.05, 3.63) is 0 Å². The van der Waals surface area contributed by atoms with E-state index < -0.39 is 19.8 Å². The van der Waals surface area contributed by atoms with E-state index in [1.54, 1.807) is 0 Å². The Morgan fingerprint density at radius 3 is 1.23 bits per heavy atom. The van der Waals surface area contributed by atoms with Gasteiger partial charge in [0, 0.05) is 0 Å². The van der Waals surface area contributed by atoms with Crippen molar-refractivity contribution in [2.24, 2.45) is 0 Å². The molecule has 0 amide bonds. The molecule has 0 saturated carbocycles. The SMILES string of the molecule is N#CC[CH2][Sn+]([CH2]CC#N)[CH2]CC#N. The van der Waals surface area contributed by atoms with Crippen LogP contribution in [0.15, 0.2) is 0 Å². The van der Waals surface area contributed by atoms with E-state index in [4.69, 9.17) is 15.8 Å². The fraction of sp³-hybridized carbons (Fsp3) is 0.667. The minimum absolute atomic E-state index is 0.617. The summed E-state index contributed by atoms with van der Waals surface area (Å²) in [7, 11) is 0. The average Bonchev–Trinajstić information content (AvgIpc) is 2.17. The Hall–Kier alpha value is -0.731. The molecular formula is C9H12N3Sn+. The van der Waals surface area contributed by atoms with Crippen LogP contribution >= 0.6 is 0 Å². The summed E-state index contributed by atoms with van der Waals surface area (Å²) in [5.74, 6) is 0. The van der Waals surface area contributed by atoms with Gasteiger partial charge in [-0.3, -0.25) is 0 Å². The summed E-state index contributed by atoms with van der Waals surface area (Å²) in [4.78, 5) is 0. The monoisotopic (exact) mass is 282 g/mol. The number of nitrogens with zero attached hydrogens (tertiary/aromatic N) is 3. The van der Waals surface area contributed by atoms with Crippen molar-refractivity contribution in [2.45, 2.75) is 32.6 Å². The quantitative estimate of drug-likeness (QED) is 0.701. The van der Waals surface area contributed by atoms with Crippen molar-refractivity contribution in [3.63, 3.8) is 0 Å². The first kappa shape index (κ1) is 12.3. The maximum atomic E-state index is 8.42. The van der Waals surface area contributed by atoms with E-state index >= 15 is 0 Å². The summed E-state index contributed by atoms with van der Waals surface area (Å²) in [5.41, 5.74) is 0. The summed E-state index contributed by atoms with van der Waals surface area (Å²) < 4.78 is 3.05. The zero-order valence-corrected chi connectivity index (χ0v) is 10.4. The van der Waals surface area contributed by atoms with Gasteiger partial charge in [0.1, 0.15) is 0 Å². The zero-order valence-electron chi connectivity index (χ0n) is 7.58. The summed E-state index contributed by atoms with van der Waals surface area (Å²) >= 11 is -1.51. The molecule has 0 aliphatic rings. The third-order valence-corrected chi connectivity index (χ3v) is 9.97. The van der Waals surface area contributed by atoms with Crippen molar-refractivity contribution in [3.8, 4) is 18.2 Å². The van der Waals surface area contributed by atoms with Gasteiger partial charge in [-0.25, -0.2) is 0 Å². The Bertz CT molecular complexity index is 200. The van der Waals surface area contributed by atoms with Crippen LogP contribution in [0.5, 0.6) is 0 Å². The second-order valence-electron chi connectivity index (χ2n) is 2.72. The standard InChI is InChI=1S/3C3H4N.Sn/c3*1-2-3-4;/h3*1-2H2;/q;;;+1. The van der Waals surface area contributed by atoms with E-state index in [2.05, 4.69) is 18.2 Å². The Morgan fingerprint density at radius 2 is 1.00 bits per heavy atom. The van der Waals surface area contributed by atoms with Gasteiger partial charge < -0.3 is 0 Å². The Balaban J connectivity index is 3.70. The van der Waals surface area contributed by atoms with Crippen molar-refractivity contribution in [2.75, 3.05) is 0 Å². The van der Waals surface area contributed by atoms with Crippen LogP contribution in [0.3, 0.4) is 0 Å². The first-order valence-electron chi connectivity index (χ1n) is 4.29. The Morgan fingerprint density at radius 1 is 0.692 bits per heavy atom. The Labute approximate surface area is 86.3 Å². The van der Waals surface area contributed by atoms with E-state index in [0.717, 1.165) is 13.3 Å². The van der Waals surface area contributed by atoms with Crippen molar-refractivity contribution in [1.82, 2.24) is 0 Å². The van der Waals surface area contributed by atoms with Crippen LogP contribution in [0.25, 0.3) is 0 Å². The van der Waals surface area contributed by atoms with Crippen LogP contribution in [0.1, 0.15) is 19.3 Å². The normalized spacial score (nSPS) is 8.08. The molecule has 0 rings (SSSR count). The predicted octanol–water partition coefficient (Wildman–Crippen LogP) is 2.22. The molecule has 0 aromatic heterocycles. The number of hydrogen-bond acceptors (Lipinski definition) is 3. The van der Waals surface area contributed by atoms with Gasteiger partial charge in [-0.15, -0.1) is 0 Å². The second kappa shape index (κ2) is 9.36. The van der Waals surface area contributed by atoms with Crippen LogP contribution in [-0.2, 0) is 0 Å². The number of nitriles is 3. The van der Waals surface area contributed by atoms with E-state index in [1.807, 2.05) is 0 Å². The van der Waals surface area contributed by atoms with E-state index in [0.29, 0.717) is 19.3 Å². The average molecular weight is 281 g/mol. The molecule has 0 aliphatic carbocycles. The van der Waals surface area contributed by atoms with Gasteiger partial charge in [0.2, 0.25) is 0 Å². The van der Waals surface area contributed by atoms with Crippen LogP contribution in [0.4, 0.5) is 0 Å². The minimum atomic E-state index is -1.51. The van der Waals surface area contributed by atoms with Crippen LogP contribution in [-0.4, -0.2) is 19.8 Å². The first-order valence-corrected chi connectivity index (χ1v) is 10.3. The molecule has 0 spiro atoms. The predicted molar refractivity (Wildman–Crippen MR) is 50.9 cm³/mol. The molecule has 4 heteroatoms. The second-order valence-corrected chi connectivity index (χ2v) is 11.3. The summed E-state index contributed by atoms with van der Waals surface area (Å²) in [5, 5.41) is 25.3. The number of hydrogen-bond donors (Lipinski definition) is 0. The van der Waals surface area contributed by atoms with Crippen LogP contribution in [0.2, 0.25) is 13.3 Å². The molecule has 3 nitrogen and oxygen atoms in total. The number of rotatable bonds is 6. The van der Waals surface area contributed by atoms with Crippen LogP contribution < -0.4 is 0 Å². The molecule has 0 N–H and O–H groups in total. The molecule has 0 aliphatic heterocycles. The molecule has 0 radical (unpaired) electrons. The van der Waals surface area contributed by atoms with Gasteiger partial charge in [0.05, 0.1) is 0 Å². The van der Waals surface area contributed by atoms with Gasteiger partial charge in [-0.1, -0.05) is 0 Å². The zero-order chi connectivity index (χ0) is 9.94. The molecule has 0 heterocycles. The van der Waals surface area contributed by atoms with Crippen molar-refractivity contribution in [1.29, 1.82) is 15.8 Å². The maximum absolute atomic E-state index is 8.42. The van der Waals surface area contributed by atoms with Crippen LogP contribution in [0, 0.1) is 34.0 Å². The van der Waals surface area contributed by atoms with Crippen molar-refractivity contribution < 1.29 is 0 Å². The molecule has 0 fully saturated rings. The van der Waals surface area contributed by atoms with Gasteiger partial charge in [-0.2, -0.15) is 0 Å². The van der Waals surface area contributed by atoms with E-state index in [1.165, 1.54) is 0 Å².